The lowest BCUT2D eigenvalue weighted by Crippen LogP contribution is -2.54. The summed E-state index contributed by atoms with van der Waals surface area (Å²) in [7, 11) is 0. The van der Waals surface area contributed by atoms with Crippen LogP contribution >= 0.6 is 0 Å². The summed E-state index contributed by atoms with van der Waals surface area (Å²) in [5.74, 6) is -2.26. The van der Waals surface area contributed by atoms with Crippen LogP contribution in [0.25, 0.3) is 0 Å². The zero-order valence-corrected chi connectivity index (χ0v) is 16.5. The molecular weight excluding hydrogens is 402 g/mol. The first-order valence-electron chi connectivity index (χ1n) is 10.1. The molecule has 6 rings (SSSR count). The molecule has 1 spiro atoms. The van der Waals surface area contributed by atoms with Crippen molar-refractivity contribution >= 4 is 29.1 Å². The van der Waals surface area contributed by atoms with E-state index in [9.17, 15) is 19.5 Å². The van der Waals surface area contributed by atoms with E-state index in [-0.39, 0.29) is 6.79 Å². The van der Waals surface area contributed by atoms with Crippen LogP contribution in [0.4, 0.5) is 11.4 Å². The molecule has 4 aliphatic rings. The van der Waals surface area contributed by atoms with E-state index >= 15 is 0 Å². The zero-order chi connectivity index (χ0) is 21.5. The van der Waals surface area contributed by atoms with E-state index in [1.165, 1.54) is 0 Å². The SMILES string of the molecule is CC(O)[C@@H]1N[C@]2(C(=O)Nc3ccccc32)[C@@H]2C(=O)N(c3ccc4c(c3)OCO4)C(=O)[C@@H]21. The average molecular weight is 421 g/mol. The van der Waals surface area contributed by atoms with Gasteiger partial charge in [-0.25, -0.2) is 4.90 Å². The molecule has 3 amide bonds. The number of benzene rings is 2. The van der Waals surface area contributed by atoms with E-state index in [1.807, 2.05) is 0 Å². The monoisotopic (exact) mass is 421 g/mol. The van der Waals surface area contributed by atoms with Crippen molar-refractivity contribution in [1.29, 1.82) is 0 Å². The molecule has 9 heteroatoms. The molecule has 4 aliphatic heterocycles. The van der Waals surface area contributed by atoms with Crippen LogP contribution in [0, 0.1) is 11.8 Å². The van der Waals surface area contributed by atoms with Gasteiger partial charge >= 0.3 is 0 Å². The highest BCUT2D eigenvalue weighted by atomic mass is 16.7. The standard InChI is InChI=1S/C22H19N3O6/c1-10(26)18-16-17(22(24-18)12-4-2-3-5-13(12)23-21(22)29)20(28)25(19(16)27)11-6-7-14-15(8-11)31-9-30-14/h2-8,10,16-18,24,26H,9H2,1H3,(H,23,29)/t10?,16-,17-,18-,22-/m0/s1. The maximum atomic E-state index is 13.7. The zero-order valence-electron chi connectivity index (χ0n) is 16.5. The molecule has 0 aliphatic carbocycles. The quantitative estimate of drug-likeness (QED) is 0.612. The lowest BCUT2D eigenvalue weighted by molar-refractivity contribution is -0.130. The highest BCUT2D eigenvalue weighted by Crippen LogP contribution is 2.54. The summed E-state index contributed by atoms with van der Waals surface area (Å²) in [6.07, 6.45) is -0.958. The molecule has 4 heterocycles. The number of carbonyl (C=O) groups is 3. The molecule has 3 N–H and O–H groups in total. The van der Waals surface area contributed by atoms with Crippen molar-refractivity contribution in [2.75, 3.05) is 17.0 Å². The molecule has 158 valence electrons. The molecule has 9 nitrogen and oxygen atoms in total. The molecule has 0 saturated carbocycles. The number of anilines is 2. The van der Waals surface area contributed by atoms with Crippen LogP contribution in [-0.2, 0) is 19.9 Å². The van der Waals surface area contributed by atoms with Crippen LogP contribution in [0.2, 0.25) is 0 Å². The number of rotatable bonds is 2. The molecule has 2 aromatic carbocycles. The summed E-state index contributed by atoms with van der Waals surface area (Å²) in [6, 6.07) is 11.2. The molecule has 1 unspecified atom stereocenters. The van der Waals surface area contributed by atoms with Crippen molar-refractivity contribution in [3.63, 3.8) is 0 Å². The number of ether oxygens (including phenoxy) is 2. The van der Waals surface area contributed by atoms with Crippen LogP contribution < -0.4 is 25.0 Å². The molecule has 2 fully saturated rings. The Kier molecular flexibility index (Phi) is 3.58. The van der Waals surface area contributed by atoms with Crippen molar-refractivity contribution in [2.45, 2.75) is 24.6 Å². The molecule has 5 atom stereocenters. The molecular formula is C22H19N3O6. The number of aliphatic hydroxyl groups excluding tert-OH is 1. The number of nitrogens with one attached hydrogen (secondary N) is 2. The van der Waals surface area contributed by atoms with Crippen molar-refractivity contribution in [3.8, 4) is 11.5 Å². The van der Waals surface area contributed by atoms with E-state index in [4.69, 9.17) is 9.47 Å². The molecule has 2 aromatic rings. The third kappa shape index (κ3) is 2.19. The number of hydrogen-bond donors (Lipinski definition) is 3. The van der Waals surface area contributed by atoms with Gasteiger partial charge in [0.1, 0.15) is 5.54 Å². The number of para-hydroxylation sites is 1. The first-order chi connectivity index (χ1) is 14.9. The maximum Gasteiger partial charge on any atom is 0.250 e. The third-order valence-electron chi connectivity index (χ3n) is 6.69. The summed E-state index contributed by atoms with van der Waals surface area (Å²) in [4.78, 5) is 41.6. The highest BCUT2D eigenvalue weighted by Gasteiger charge is 2.71. The van der Waals surface area contributed by atoms with Crippen molar-refractivity contribution in [2.24, 2.45) is 11.8 Å². The molecule has 2 saturated heterocycles. The molecule has 31 heavy (non-hydrogen) atoms. The minimum Gasteiger partial charge on any atom is -0.454 e. The number of imide groups is 1. The molecule has 0 radical (unpaired) electrons. The number of carbonyl (C=O) groups excluding carboxylic acids is 3. The number of hydrogen-bond acceptors (Lipinski definition) is 7. The Morgan fingerprint density at radius 1 is 1.10 bits per heavy atom. The maximum absolute atomic E-state index is 13.7. The summed E-state index contributed by atoms with van der Waals surface area (Å²) >= 11 is 0. The Morgan fingerprint density at radius 3 is 2.68 bits per heavy atom. The number of nitrogens with zero attached hydrogens (tertiary/aromatic N) is 1. The second kappa shape index (κ2) is 6.05. The minimum atomic E-state index is -1.43. The van der Waals surface area contributed by atoms with Gasteiger partial charge in [-0.2, -0.15) is 0 Å². The Labute approximate surface area is 176 Å². The van der Waals surface area contributed by atoms with Gasteiger partial charge in [-0.1, -0.05) is 18.2 Å². The van der Waals surface area contributed by atoms with Gasteiger partial charge in [0, 0.05) is 23.4 Å². The average Bonchev–Trinajstić information content (AvgIpc) is 3.47. The normalized spacial score (nSPS) is 31.2. The second-order valence-corrected chi connectivity index (χ2v) is 8.27. The van der Waals surface area contributed by atoms with Gasteiger partial charge in [-0.05, 0) is 25.1 Å². The van der Waals surface area contributed by atoms with Gasteiger partial charge < -0.3 is 19.9 Å². The highest BCUT2D eigenvalue weighted by molar-refractivity contribution is 6.26. The van der Waals surface area contributed by atoms with E-state index in [0.717, 1.165) is 4.90 Å². The van der Waals surface area contributed by atoms with E-state index in [1.54, 1.807) is 49.4 Å². The van der Waals surface area contributed by atoms with E-state index in [0.29, 0.717) is 28.4 Å². The van der Waals surface area contributed by atoms with Gasteiger partial charge in [-0.3, -0.25) is 19.7 Å². The fraction of sp³-hybridized carbons (Fsp3) is 0.318. The Hall–Kier alpha value is -3.43. The lowest BCUT2D eigenvalue weighted by Gasteiger charge is -2.30. The fourth-order valence-electron chi connectivity index (χ4n) is 5.38. The van der Waals surface area contributed by atoms with Crippen molar-refractivity contribution in [1.82, 2.24) is 5.32 Å². The molecule has 0 aromatic heterocycles. The van der Waals surface area contributed by atoms with Gasteiger partial charge in [0.15, 0.2) is 11.5 Å². The Morgan fingerprint density at radius 2 is 1.87 bits per heavy atom. The smallest absolute Gasteiger partial charge is 0.250 e. The Bertz CT molecular complexity index is 1160. The van der Waals surface area contributed by atoms with Crippen LogP contribution in [0.1, 0.15) is 12.5 Å². The first-order valence-corrected chi connectivity index (χ1v) is 10.1. The van der Waals surface area contributed by atoms with Crippen LogP contribution in [0.15, 0.2) is 42.5 Å². The largest absolute Gasteiger partial charge is 0.454 e. The fourth-order valence-corrected chi connectivity index (χ4v) is 5.38. The number of amides is 3. The number of fused-ring (bicyclic) bond motifs is 5. The predicted octanol–water partition coefficient (Wildman–Crippen LogP) is 0.721. The van der Waals surface area contributed by atoms with Crippen molar-refractivity contribution < 1.29 is 29.0 Å². The van der Waals surface area contributed by atoms with Crippen LogP contribution in [0.5, 0.6) is 11.5 Å². The van der Waals surface area contributed by atoms with E-state index < -0.39 is 47.2 Å². The summed E-state index contributed by atoms with van der Waals surface area (Å²) < 4.78 is 10.7. The third-order valence-corrected chi connectivity index (χ3v) is 6.69. The summed E-state index contributed by atoms with van der Waals surface area (Å²) in [5.41, 5.74) is 0.110. The van der Waals surface area contributed by atoms with Gasteiger partial charge in [0.25, 0.3) is 0 Å². The first kappa shape index (κ1) is 18.3. The van der Waals surface area contributed by atoms with Gasteiger partial charge in [0.05, 0.1) is 23.6 Å². The van der Waals surface area contributed by atoms with Crippen molar-refractivity contribution in [3.05, 3.63) is 48.0 Å². The van der Waals surface area contributed by atoms with E-state index in [2.05, 4.69) is 10.6 Å². The summed E-state index contributed by atoms with van der Waals surface area (Å²) in [6.45, 7) is 1.62. The van der Waals surface area contributed by atoms with Gasteiger partial charge in [-0.15, -0.1) is 0 Å². The Balaban J connectivity index is 1.50. The lowest BCUT2D eigenvalue weighted by atomic mass is 9.76. The predicted molar refractivity (Wildman–Crippen MR) is 107 cm³/mol. The minimum absolute atomic E-state index is 0.0695. The second-order valence-electron chi connectivity index (χ2n) is 8.27. The van der Waals surface area contributed by atoms with Crippen LogP contribution in [-0.4, -0.2) is 41.8 Å². The topological polar surface area (TPSA) is 117 Å². The van der Waals surface area contributed by atoms with Gasteiger partial charge in [0.2, 0.25) is 24.5 Å². The summed E-state index contributed by atoms with van der Waals surface area (Å²) in [5, 5.41) is 16.4. The number of aliphatic hydroxyl groups is 1. The molecule has 0 bridgehead atoms. The van der Waals surface area contributed by atoms with Crippen LogP contribution in [0.3, 0.4) is 0 Å².